The van der Waals surface area contributed by atoms with E-state index in [1.54, 1.807) is 0 Å². The lowest BCUT2D eigenvalue weighted by atomic mass is 10.0. The van der Waals surface area contributed by atoms with Crippen molar-refractivity contribution in [3.05, 3.63) is 48.6 Å². The number of allylic oxidation sites excluding steroid dienone is 8. The first-order chi connectivity index (χ1) is 33.0. The Labute approximate surface area is 420 Å². The molecule has 9 nitrogen and oxygen atoms in total. The number of unbranched alkanes of at least 4 members (excludes halogenated alkanes) is 30. The summed E-state index contributed by atoms with van der Waals surface area (Å²) in [6, 6.07) is 0. The Kier molecular flexibility index (Phi) is 48.4. The number of quaternary nitrogens is 1. The molecule has 0 heterocycles. The predicted octanol–water partition coefficient (Wildman–Crippen LogP) is 16.7. The molecule has 0 aliphatic heterocycles. The molecule has 0 aliphatic rings. The monoisotopic (exact) mass is 978 g/mol. The van der Waals surface area contributed by atoms with Crippen LogP contribution < -0.4 is 4.89 Å². The molecule has 0 bridgehead atoms. The molecule has 0 aromatic carbocycles. The Morgan fingerprint density at radius 3 is 1.19 bits per heavy atom. The molecule has 68 heavy (non-hydrogen) atoms. The van der Waals surface area contributed by atoms with Crippen LogP contribution in [0.2, 0.25) is 0 Å². The summed E-state index contributed by atoms with van der Waals surface area (Å²) in [5.41, 5.74) is 0. The first-order valence-electron chi connectivity index (χ1n) is 28.3. The van der Waals surface area contributed by atoms with Gasteiger partial charge in [-0.05, 0) is 77.0 Å². The van der Waals surface area contributed by atoms with Crippen LogP contribution in [-0.2, 0) is 32.7 Å². The van der Waals surface area contributed by atoms with Crippen LogP contribution in [-0.4, -0.2) is 70.0 Å². The average Bonchev–Trinajstić information content (AvgIpc) is 3.30. The van der Waals surface area contributed by atoms with Crippen molar-refractivity contribution in [2.45, 2.75) is 264 Å². The van der Waals surface area contributed by atoms with Gasteiger partial charge in [-0.1, -0.05) is 217 Å². The Morgan fingerprint density at radius 2 is 0.794 bits per heavy atom. The third-order valence-electron chi connectivity index (χ3n) is 12.3. The number of hydrogen-bond donors (Lipinski definition) is 0. The lowest BCUT2D eigenvalue weighted by molar-refractivity contribution is -0.870. The standard InChI is InChI=1S/C58H108NO8P/c1-6-8-10-12-14-16-18-20-22-23-24-25-26-27-28-29-30-31-32-33-34-35-37-39-41-43-45-47-49-51-58(61)67-56(55-66-68(62,63)65-53-52-59(3,4)5)54-64-57(60)50-48-46-44-42-40-38-36-21-19-17-15-13-11-9-7-2/h18,20-21,23-24,26-27,36,56H,6-17,19,22,25,28-35,37-55H2,1-5H3/b20-18-,24-23-,27-26-,36-21-. The topological polar surface area (TPSA) is 111 Å². The van der Waals surface area contributed by atoms with Crippen molar-refractivity contribution in [1.29, 1.82) is 0 Å². The van der Waals surface area contributed by atoms with Crippen molar-refractivity contribution in [3.63, 3.8) is 0 Å². The zero-order chi connectivity index (χ0) is 49.9. The van der Waals surface area contributed by atoms with E-state index in [0.717, 1.165) is 70.6 Å². The van der Waals surface area contributed by atoms with Gasteiger partial charge in [-0.3, -0.25) is 14.2 Å². The summed E-state index contributed by atoms with van der Waals surface area (Å²) < 4.78 is 34.1. The minimum Gasteiger partial charge on any atom is -0.756 e. The van der Waals surface area contributed by atoms with E-state index >= 15 is 0 Å². The number of phosphoric acid groups is 1. The molecular weight excluding hydrogens is 870 g/mol. The van der Waals surface area contributed by atoms with E-state index in [-0.39, 0.29) is 32.0 Å². The summed E-state index contributed by atoms with van der Waals surface area (Å²) in [6.45, 7) is 4.23. The van der Waals surface area contributed by atoms with Crippen molar-refractivity contribution in [2.75, 3.05) is 47.5 Å². The molecule has 0 aromatic rings. The van der Waals surface area contributed by atoms with Gasteiger partial charge in [0.15, 0.2) is 6.10 Å². The van der Waals surface area contributed by atoms with Gasteiger partial charge in [-0.25, -0.2) is 0 Å². The number of carbonyl (C=O) groups is 2. The van der Waals surface area contributed by atoms with Crippen LogP contribution in [0.3, 0.4) is 0 Å². The van der Waals surface area contributed by atoms with Crippen LogP contribution in [0.1, 0.15) is 258 Å². The molecule has 2 unspecified atom stereocenters. The Hall–Kier alpha value is -2.03. The fourth-order valence-electron chi connectivity index (χ4n) is 7.89. The van der Waals surface area contributed by atoms with E-state index < -0.39 is 26.5 Å². The van der Waals surface area contributed by atoms with Crippen LogP contribution in [0.25, 0.3) is 0 Å². The maximum Gasteiger partial charge on any atom is 0.306 e. The molecule has 0 aliphatic carbocycles. The fourth-order valence-corrected chi connectivity index (χ4v) is 8.62. The van der Waals surface area contributed by atoms with Crippen molar-refractivity contribution in [3.8, 4) is 0 Å². The Bertz CT molecular complexity index is 1290. The molecule has 10 heteroatoms. The number of nitrogens with zero attached hydrogens (tertiary/aromatic N) is 1. The summed E-state index contributed by atoms with van der Waals surface area (Å²) in [4.78, 5) is 37.8. The SMILES string of the molecule is CCCCCCC/C=C\C/C=C\C/C=C\CCCCCCCCCCCCCCCCC(=O)OC(COC(=O)CCCCCCC/C=C\CCCCCCCC)COP(=O)([O-])OCC[N+](C)(C)C. The van der Waals surface area contributed by atoms with Gasteiger partial charge >= 0.3 is 11.9 Å². The normalized spacial score (nSPS) is 13.7. The highest BCUT2D eigenvalue weighted by atomic mass is 31.2. The highest BCUT2D eigenvalue weighted by Crippen LogP contribution is 2.38. The van der Waals surface area contributed by atoms with E-state index in [1.165, 1.54) is 154 Å². The molecular formula is C58H108NO8P. The van der Waals surface area contributed by atoms with Crippen LogP contribution in [0.4, 0.5) is 0 Å². The summed E-state index contributed by atoms with van der Waals surface area (Å²) in [5, 5.41) is 0. The van der Waals surface area contributed by atoms with Gasteiger partial charge in [0.05, 0.1) is 27.7 Å². The van der Waals surface area contributed by atoms with E-state index in [0.29, 0.717) is 17.4 Å². The summed E-state index contributed by atoms with van der Waals surface area (Å²) in [6.07, 6.45) is 61.5. The smallest absolute Gasteiger partial charge is 0.306 e. The summed E-state index contributed by atoms with van der Waals surface area (Å²) in [7, 11) is 1.17. The highest BCUT2D eigenvalue weighted by molar-refractivity contribution is 7.45. The van der Waals surface area contributed by atoms with Crippen molar-refractivity contribution < 1.29 is 42.1 Å². The lowest BCUT2D eigenvalue weighted by Gasteiger charge is -2.28. The van der Waals surface area contributed by atoms with Crippen LogP contribution in [0.5, 0.6) is 0 Å². The second-order valence-corrected chi connectivity index (χ2v) is 21.7. The number of likely N-dealkylation sites (N-methyl/N-ethyl adjacent to an activating group) is 1. The minimum absolute atomic E-state index is 0.0322. The van der Waals surface area contributed by atoms with Gasteiger partial charge in [0.1, 0.15) is 19.8 Å². The van der Waals surface area contributed by atoms with Crippen molar-refractivity contribution >= 4 is 19.8 Å². The molecule has 0 saturated carbocycles. The molecule has 0 aromatic heterocycles. The largest absolute Gasteiger partial charge is 0.756 e. The fraction of sp³-hybridized carbons (Fsp3) is 0.828. The second-order valence-electron chi connectivity index (χ2n) is 20.3. The zero-order valence-corrected chi connectivity index (χ0v) is 45.9. The van der Waals surface area contributed by atoms with Gasteiger partial charge in [0.25, 0.3) is 7.82 Å². The van der Waals surface area contributed by atoms with Gasteiger partial charge < -0.3 is 27.9 Å². The molecule has 0 N–H and O–H groups in total. The van der Waals surface area contributed by atoms with Gasteiger partial charge in [-0.2, -0.15) is 0 Å². The average molecular weight is 978 g/mol. The zero-order valence-electron chi connectivity index (χ0n) is 45.1. The molecule has 0 radical (unpaired) electrons. The second kappa shape index (κ2) is 49.9. The molecule has 0 rings (SSSR count). The van der Waals surface area contributed by atoms with E-state index in [1.807, 2.05) is 21.1 Å². The van der Waals surface area contributed by atoms with Crippen LogP contribution >= 0.6 is 7.82 Å². The number of carbonyl (C=O) groups excluding carboxylic acids is 2. The van der Waals surface area contributed by atoms with Crippen molar-refractivity contribution in [1.82, 2.24) is 0 Å². The highest BCUT2D eigenvalue weighted by Gasteiger charge is 2.21. The Balaban J connectivity index is 4.12. The maximum atomic E-state index is 12.8. The van der Waals surface area contributed by atoms with E-state index in [2.05, 4.69) is 62.5 Å². The van der Waals surface area contributed by atoms with E-state index in [4.69, 9.17) is 18.5 Å². The first-order valence-corrected chi connectivity index (χ1v) is 29.8. The number of phosphoric ester groups is 1. The summed E-state index contributed by atoms with van der Waals surface area (Å²) in [5.74, 6) is -0.837. The molecule has 398 valence electrons. The lowest BCUT2D eigenvalue weighted by Crippen LogP contribution is -2.37. The van der Waals surface area contributed by atoms with Crippen molar-refractivity contribution in [2.24, 2.45) is 0 Å². The van der Waals surface area contributed by atoms with Gasteiger partial charge in [0.2, 0.25) is 0 Å². The van der Waals surface area contributed by atoms with E-state index in [9.17, 15) is 19.0 Å². The predicted molar refractivity (Wildman–Crippen MR) is 287 cm³/mol. The summed E-state index contributed by atoms with van der Waals surface area (Å²) >= 11 is 0. The number of esters is 2. The number of hydrogen-bond acceptors (Lipinski definition) is 8. The Morgan fingerprint density at radius 1 is 0.456 bits per heavy atom. The maximum absolute atomic E-state index is 12.8. The van der Waals surface area contributed by atoms with Crippen LogP contribution in [0, 0.1) is 0 Å². The third kappa shape index (κ3) is 53.3. The third-order valence-corrected chi connectivity index (χ3v) is 13.3. The number of rotatable bonds is 52. The molecule has 0 fully saturated rings. The molecule has 0 saturated heterocycles. The van der Waals surface area contributed by atoms with Crippen LogP contribution in [0.15, 0.2) is 48.6 Å². The molecule has 0 amide bonds. The van der Waals surface area contributed by atoms with Gasteiger partial charge in [-0.15, -0.1) is 0 Å². The quantitative estimate of drug-likeness (QED) is 0.0195. The molecule has 2 atom stereocenters. The minimum atomic E-state index is -4.63. The molecule has 0 spiro atoms. The van der Waals surface area contributed by atoms with Gasteiger partial charge in [0, 0.05) is 12.8 Å². The number of ether oxygens (including phenoxy) is 2. The first kappa shape index (κ1) is 66.0.